The molecule has 0 aliphatic heterocycles. The lowest BCUT2D eigenvalue weighted by Gasteiger charge is -2.18. The zero-order valence-corrected chi connectivity index (χ0v) is 12.7. The van der Waals surface area contributed by atoms with Crippen LogP contribution in [0.4, 0.5) is 5.69 Å². The summed E-state index contributed by atoms with van der Waals surface area (Å²) in [5.41, 5.74) is 1.81. The van der Waals surface area contributed by atoms with Crippen LogP contribution in [0, 0.1) is 0 Å². The number of aromatic nitrogens is 1. The molecule has 0 saturated heterocycles. The number of amides is 1. The van der Waals surface area contributed by atoms with E-state index >= 15 is 0 Å². The van der Waals surface area contributed by atoms with Gasteiger partial charge in [0.05, 0.1) is 12.5 Å². The average molecular weight is 312 g/mol. The highest BCUT2D eigenvalue weighted by molar-refractivity contribution is 7.08. The van der Waals surface area contributed by atoms with Gasteiger partial charge in [-0.05, 0) is 58.8 Å². The van der Waals surface area contributed by atoms with E-state index in [1.165, 1.54) is 0 Å². The van der Waals surface area contributed by atoms with Crippen molar-refractivity contribution in [3.63, 3.8) is 0 Å². The molecule has 112 valence electrons. The third-order valence-corrected chi connectivity index (χ3v) is 4.15. The summed E-state index contributed by atoms with van der Waals surface area (Å²) in [5.74, 6) is 0.122. The van der Waals surface area contributed by atoms with Gasteiger partial charge in [0.2, 0.25) is 5.91 Å². The van der Waals surface area contributed by atoms with Gasteiger partial charge in [-0.1, -0.05) is 0 Å². The Labute approximate surface area is 132 Å². The normalized spacial score (nSPS) is 12.0. The maximum Gasteiger partial charge on any atom is 0.226 e. The monoisotopic (exact) mass is 312 g/mol. The minimum Gasteiger partial charge on any atom is -0.508 e. The molecule has 0 fully saturated rings. The van der Waals surface area contributed by atoms with Gasteiger partial charge in [0.25, 0.3) is 0 Å². The third-order valence-electron chi connectivity index (χ3n) is 3.45. The molecular formula is C17H16N2O2S. The van der Waals surface area contributed by atoms with Gasteiger partial charge in [-0.25, -0.2) is 0 Å². The number of phenols is 1. The zero-order chi connectivity index (χ0) is 15.4. The number of carbonyl (C=O) groups is 1. The molecule has 1 unspecified atom stereocenters. The van der Waals surface area contributed by atoms with Crippen LogP contribution in [0.5, 0.6) is 5.75 Å². The number of nitrogens with one attached hydrogen (secondary N) is 1. The summed E-state index contributed by atoms with van der Waals surface area (Å²) in [4.78, 5) is 12.3. The van der Waals surface area contributed by atoms with Gasteiger partial charge in [-0.3, -0.25) is 4.79 Å². The molecule has 0 bridgehead atoms. The largest absolute Gasteiger partial charge is 0.508 e. The fraction of sp³-hybridized carbons (Fsp3) is 0.118. The highest BCUT2D eigenvalue weighted by atomic mass is 32.1. The molecule has 1 aromatic carbocycles. The van der Waals surface area contributed by atoms with Gasteiger partial charge in [-0.2, -0.15) is 11.3 Å². The maximum atomic E-state index is 12.3. The van der Waals surface area contributed by atoms with Crippen molar-refractivity contribution in [1.82, 2.24) is 4.57 Å². The van der Waals surface area contributed by atoms with Crippen molar-refractivity contribution < 1.29 is 9.90 Å². The predicted molar refractivity (Wildman–Crippen MR) is 88.2 cm³/mol. The third kappa shape index (κ3) is 3.38. The van der Waals surface area contributed by atoms with E-state index in [0.717, 1.165) is 5.56 Å². The number of thiophene rings is 1. The molecule has 0 aliphatic rings. The van der Waals surface area contributed by atoms with E-state index in [-0.39, 0.29) is 17.7 Å². The Morgan fingerprint density at radius 1 is 1.18 bits per heavy atom. The first-order valence-electron chi connectivity index (χ1n) is 6.96. The first kappa shape index (κ1) is 14.4. The molecule has 0 spiro atoms. The molecule has 0 aliphatic carbocycles. The van der Waals surface area contributed by atoms with E-state index in [1.807, 2.05) is 40.5 Å². The molecule has 3 rings (SSSR count). The van der Waals surface area contributed by atoms with Crippen LogP contribution in [0.3, 0.4) is 0 Å². The van der Waals surface area contributed by atoms with Crippen molar-refractivity contribution >= 4 is 22.9 Å². The summed E-state index contributed by atoms with van der Waals surface area (Å²) in [5, 5.41) is 16.2. The number of carbonyl (C=O) groups excluding carboxylic acids is 1. The topological polar surface area (TPSA) is 54.3 Å². The molecule has 5 heteroatoms. The van der Waals surface area contributed by atoms with Gasteiger partial charge in [0.15, 0.2) is 0 Å². The molecule has 1 atom stereocenters. The van der Waals surface area contributed by atoms with E-state index in [4.69, 9.17) is 0 Å². The fourth-order valence-electron chi connectivity index (χ4n) is 2.35. The lowest BCUT2D eigenvalue weighted by molar-refractivity contribution is -0.116. The average Bonchev–Trinajstić information content (AvgIpc) is 3.21. The van der Waals surface area contributed by atoms with Gasteiger partial charge in [-0.15, -0.1) is 0 Å². The molecule has 1 amide bonds. The first-order valence-corrected chi connectivity index (χ1v) is 7.90. The SMILES string of the molecule is O=C(CC(c1ccsc1)n1cccc1)Nc1ccc(O)cc1. The lowest BCUT2D eigenvalue weighted by atomic mass is 10.1. The quantitative estimate of drug-likeness (QED) is 0.703. The van der Waals surface area contributed by atoms with Gasteiger partial charge in [0.1, 0.15) is 5.75 Å². The molecule has 0 saturated carbocycles. The molecular weight excluding hydrogens is 296 g/mol. The van der Waals surface area contributed by atoms with Crippen LogP contribution in [0.2, 0.25) is 0 Å². The molecule has 2 N–H and O–H groups in total. The molecule has 22 heavy (non-hydrogen) atoms. The maximum absolute atomic E-state index is 12.3. The fourth-order valence-corrected chi connectivity index (χ4v) is 3.06. The first-order chi connectivity index (χ1) is 10.7. The standard InChI is InChI=1S/C17H16N2O2S/c20-15-5-3-14(4-6-15)18-17(21)11-16(13-7-10-22-12-13)19-8-1-2-9-19/h1-10,12,16,20H,11H2,(H,18,21). The van der Waals surface area contributed by atoms with E-state index in [1.54, 1.807) is 35.6 Å². The number of nitrogens with zero attached hydrogens (tertiary/aromatic N) is 1. The number of phenolic OH excluding ortho intramolecular Hbond substituents is 1. The molecule has 4 nitrogen and oxygen atoms in total. The van der Waals surface area contributed by atoms with Crippen LogP contribution >= 0.6 is 11.3 Å². The molecule has 2 heterocycles. The highest BCUT2D eigenvalue weighted by Gasteiger charge is 2.17. The number of hydrogen-bond acceptors (Lipinski definition) is 3. The Kier molecular flexibility index (Phi) is 4.25. The van der Waals surface area contributed by atoms with Crippen molar-refractivity contribution in [1.29, 1.82) is 0 Å². The van der Waals surface area contributed by atoms with Crippen molar-refractivity contribution in [2.75, 3.05) is 5.32 Å². The second kappa shape index (κ2) is 6.49. The van der Waals surface area contributed by atoms with Crippen LogP contribution in [-0.4, -0.2) is 15.6 Å². The van der Waals surface area contributed by atoms with E-state index in [2.05, 4.69) is 10.7 Å². The Hall–Kier alpha value is -2.53. The van der Waals surface area contributed by atoms with Crippen molar-refractivity contribution in [2.45, 2.75) is 12.5 Å². The Balaban J connectivity index is 1.73. The number of rotatable bonds is 5. The van der Waals surface area contributed by atoms with Gasteiger partial charge < -0.3 is 15.0 Å². The van der Waals surface area contributed by atoms with Crippen LogP contribution < -0.4 is 5.32 Å². The van der Waals surface area contributed by atoms with Crippen molar-refractivity contribution in [2.24, 2.45) is 0 Å². The Bertz CT molecular complexity index is 684. The summed E-state index contributed by atoms with van der Waals surface area (Å²) >= 11 is 1.63. The molecule has 3 aromatic rings. The van der Waals surface area contributed by atoms with E-state index in [9.17, 15) is 9.90 Å². The summed E-state index contributed by atoms with van der Waals surface area (Å²) in [6, 6.07) is 12.4. The number of aromatic hydroxyl groups is 1. The van der Waals surface area contributed by atoms with Crippen LogP contribution in [0.1, 0.15) is 18.0 Å². The number of anilines is 1. The van der Waals surface area contributed by atoms with Crippen LogP contribution in [0.25, 0.3) is 0 Å². The van der Waals surface area contributed by atoms with Gasteiger partial charge in [0, 0.05) is 18.1 Å². The summed E-state index contributed by atoms with van der Waals surface area (Å²) < 4.78 is 2.04. The Morgan fingerprint density at radius 2 is 1.91 bits per heavy atom. The van der Waals surface area contributed by atoms with E-state index in [0.29, 0.717) is 12.1 Å². The molecule has 2 aromatic heterocycles. The van der Waals surface area contributed by atoms with Crippen molar-refractivity contribution in [3.05, 3.63) is 71.2 Å². The van der Waals surface area contributed by atoms with Crippen LogP contribution in [-0.2, 0) is 4.79 Å². The predicted octanol–water partition coefficient (Wildman–Crippen LogP) is 3.87. The molecule has 0 radical (unpaired) electrons. The smallest absolute Gasteiger partial charge is 0.226 e. The zero-order valence-electron chi connectivity index (χ0n) is 11.8. The summed E-state index contributed by atoms with van der Waals surface area (Å²) in [7, 11) is 0. The van der Waals surface area contributed by atoms with E-state index < -0.39 is 0 Å². The van der Waals surface area contributed by atoms with Gasteiger partial charge >= 0.3 is 0 Å². The second-order valence-corrected chi connectivity index (χ2v) is 5.78. The van der Waals surface area contributed by atoms with Crippen LogP contribution in [0.15, 0.2) is 65.6 Å². The number of hydrogen-bond donors (Lipinski definition) is 2. The minimum absolute atomic E-state index is 0.0154. The van der Waals surface area contributed by atoms with Crippen molar-refractivity contribution in [3.8, 4) is 5.75 Å². The highest BCUT2D eigenvalue weighted by Crippen LogP contribution is 2.25. The Morgan fingerprint density at radius 3 is 2.55 bits per heavy atom. The number of benzene rings is 1. The lowest BCUT2D eigenvalue weighted by Crippen LogP contribution is -2.19. The summed E-state index contributed by atoms with van der Waals surface area (Å²) in [6.45, 7) is 0. The second-order valence-electron chi connectivity index (χ2n) is 5.00. The summed E-state index contributed by atoms with van der Waals surface area (Å²) in [6.07, 6.45) is 4.29. The minimum atomic E-state index is -0.0596.